The number of halogens is 2. The Bertz CT molecular complexity index is 597. The Morgan fingerprint density at radius 2 is 1.63 bits per heavy atom. The lowest BCUT2D eigenvalue weighted by Gasteiger charge is -2.10. The smallest absolute Gasteiger partial charge is 0.323 e. The Morgan fingerprint density at radius 3 is 2.26 bits per heavy atom. The van der Waals surface area contributed by atoms with Gasteiger partial charge in [-0.2, -0.15) is 0 Å². The van der Waals surface area contributed by atoms with Crippen LogP contribution in [0.2, 0.25) is 10.0 Å². The summed E-state index contributed by atoms with van der Waals surface area (Å²) in [6.45, 7) is 0. The van der Waals surface area contributed by atoms with Crippen molar-refractivity contribution in [2.75, 3.05) is 10.6 Å². The van der Waals surface area contributed by atoms with Crippen LogP contribution in [-0.2, 0) is 0 Å². The normalized spacial score (nSPS) is 10.0. The lowest BCUT2D eigenvalue weighted by Crippen LogP contribution is -2.19. The summed E-state index contributed by atoms with van der Waals surface area (Å²) in [7, 11) is 0. The van der Waals surface area contributed by atoms with Crippen LogP contribution < -0.4 is 10.6 Å². The van der Waals surface area contributed by atoms with E-state index < -0.39 is 6.03 Å². The lowest BCUT2D eigenvalue weighted by molar-refractivity contribution is 0.262. The fourth-order valence-corrected chi connectivity index (χ4v) is 1.97. The van der Waals surface area contributed by atoms with Gasteiger partial charge in [0.15, 0.2) is 0 Å². The van der Waals surface area contributed by atoms with Crippen LogP contribution in [0.1, 0.15) is 0 Å². The minimum atomic E-state index is -0.499. The van der Waals surface area contributed by atoms with Gasteiger partial charge in [-0.15, -0.1) is 0 Å². The Morgan fingerprint density at radius 1 is 1.00 bits per heavy atom. The standard InChI is InChI=1S/C13H10Cl2N2O2/c14-10-5-2-6-11(15)12(10)17-13(19)16-8-3-1-4-9(18)7-8/h1-7,18H,(H2,16,17,19). The van der Waals surface area contributed by atoms with E-state index in [1.807, 2.05) is 0 Å². The van der Waals surface area contributed by atoms with Gasteiger partial charge in [0.2, 0.25) is 0 Å². The Labute approximate surface area is 120 Å². The third kappa shape index (κ3) is 3.53. The molecule has 19 heavy (non-hydrogen) atoms. The topological polar surface area (TPSA) is 61.4 Å². The number of nitrogens with one attached hydrogen (secondary N) is 2. The van der Waals surface area contributed by atoms with E-state index in [9.17, 15) is 9.90 Å². The molecule has 2 amide bonds. The van der Waals surface area contributed by atoms with Crippen LogP contribution in [0.3, 0.4) is 0 Å². The number of hydrogen-bond donors (Lipinski definition) is 3. The highest BCUT2D eigenvalue weighted by Crippen LogP contribution is 2.29. The molecule has 0 aromatic heterocycles. The zero-order valence-electron chi connectivity index (χ0n) is 9.65. The number of rotatable bonds is 2. The van der Waals surface area contributed by atoms with Crippen LogP contribution in [0.25, 0.3) is 0 Å². The average Bonchev–Trinajstić information content (AvgIpc) is 2.34. The number of carbonyl (C=O) groups excluding carboxylic acids is 1. The molecule has 0 bridgehead atoms. The molecule has 0 atom stereocenters. The Balaban J connectivity index is 2.10. The summed E-state index contributed by atoms with van der Waals surface area (Å²) in [5, 5.41) is 15.1. The monoisotopic (exact) mass is 296 g/mol. The molecule has 2 rings (SSSR count). The highest BCUT2D eigenvalue weighted by molar-refractivity contribution is 6.39. The number of hydrogen-bond acceptors (Lipinski definition) is 2. The van der Waals surface area contributed by atoms with E-state index in [0.717, 1.165) is 0 Å². The molecule has 0 radical (unpaired) electrons. The molecule has 3 N–H and O–H groups in total. The molecular formula is C13H10Cl2N2O2. The van der Waals surface area contributed by atoms with Gasteiger partial charge in [-0.1, -0.05) is 35.3 Å². The second-order valence-corrected chi connectivity index (χ2v) is 4.54. The molecule has 0 fully saturated rings. The minimum Gasteiger partial charge on any atom is -0.508 e. The van der Waals surface area contributed by atoms with Gasteiger partial charge in [0, 0.05) is 11.8 Å². The first-order valence-electron chi connectivity index (χ1n) is 5.37. The van der Waals surface area contributed by atoms with Gasteiger partial charge in [-0.25, -0.2) is 4.79 Å². The molecular weight excluding hydrogens is 287 g/mol. The number of urea groups is 1. The molecule has 0 aliphatic carbocycles. The van der Waals surface area contributed by atoms with Crippen molar-refractivity contribution >= 4 is 40.6 Å². The number of carbonyl (C=O) groups is 1. The number of amides is 2. The molecule has 4 nitrogen and oxygen atoms in total. The fourth-order valence-electron chi connectivity index (χ4n) is 1.48. The molecule has 0 unspecified atom stereocenters. The van der Waals surface area contributed by atoms with Crippen LogP contribution >= 0.6 is 23.2 Å². The zero-order chi connectivity index (χ0) is 13.8. The van der Waals surface area contributed by atoms with Crippen LogP contribution in [0.4, 0.5) is 16.2 Å². The highest BCUT2D eigenvalue weighted by Gasteiger charge is 2.09. The van der Waals surface area contributed by atoms with Crippen molar-refractivity contribution in [3.8, 4) is 5.75 Å². The van der Waals surface area contributed by atoms with Crippen molar-refractivity contribution in [2.24, 2.45) is 0 Å². The predicted molar refractivity (Wildman–Crippen MR) is 77.2 cm³/mol. The van der Waals surface area contributed by atoms with Gasteiger partial charge in [0.05, 0.1) is 15.7 Å². The molecule has 6 heteroatoms. The van der Waals surface area contributed by atoms with Gasteiger partial charge in [-0.3, -0.25) is 0 Å². The van der Waals surface area contributed by atoms with Crippen molar-refractivity contribution in [1.29, 1.82) is 0 Å². The van der Waals surface area contributed by atoms with Gasteiger partial charge in [0.25, 0.3) is 0 Å². The molecule has 0 aliphatic heterocycles. The zero-order valence-corrected chi connectivity index (χ0v) is 11.2. The minimum absolute atomic E-state index is 0.0635. The highest BCUT2D eigenvalue weighted by atomic mass is 35.5. The quantitative estimate of drug-likeness (QED) is 0.772. The number of aromatic hydroxyl groups is 1. The summed E-state index contributed by atoms with van der Waals surface area (Å²) in [6, 6.07) is 10.6. The molecule has 0 saturated carbocycles. The average molecular weight is 297 g/mol. The summed E-state index contributed by atoms with van der Waals surface area (Å²) in [5.74, 6) is 0.0635. The maximum absolute atomic E-state index is 11.8. The maximum Gasteiger partial charge on any atom is 0.323 e. The van der Waals surface area contributed by atoms with Crippen molar-refractivity contribution < 1.29 is 9.90 Å². The van der Waals surface area contributed by atoms with Gasteiger partial charge in [0.1, 0.15) is 5.75 Å². The van der Waals surface area contributed by atoms with E-state index in [0.29, 0.717) is 21.4 Å². The van der Waals surface area contributed by atoms with Crippen LogP contribution in [0.5, 0.6) is 5.75 Å². The molecule has 2 aromatic carbocycles. The number of phenolic OH excluding ortho intramolecular Hbond substituents is 1. The molecule has 2 aromatic rings. The molecule has 0 heterocycles. The molecule has 0 aliphatic rings. The summed E-state index contributed by atoms with van der Waals surface area (Å²) in [5.41, 5.74) is 0.796. The maximum atomic E-state index is 11.8. The van der Waals surface area contributed by atoms with Gasteiger partial charge < -0.3 is 15.7 Å². The number of para-hydroxylation sites is 1. The van der Waals surface area contributed by atoms with Gasteiger partial charge in [-0.05, 0) is 24.3 Å². The van der Waals surface area contributed by atoms with Crippen LogP contribution in [0.15, 0.2) is 42.5 Å². The van der Waals surface area contributed by atoms with E-state index >= 15 is 0 Å². The van der Waals surface area contributed by atoms with Crippen LogP contribution in [-0.4, -0.2) is 11.1 Å². The first-order chi connectivity index (χ1) is 9.06. The first kappa shape index (κ1) is 13.5. The fraction of sp³-hybridized carbons (Fsp3) is 0. The SMILES string of the molecule is O=C(Nc1cccc(O)c1)Nc1c(Cl)cccc1Cl. The summed E-state index contributed by atoms with van der Waals surface area (Å²) in [4.78, 5) is 11.8. The largest absolute Gasteiger partial charge is 0.508 e. The second kappa shape index (κ2) is 5.82. The van der Waals surface area contributed by atoms with Gasteiger partial charge >= 0.3 is 6.03 Å². The Hall–Kier alpha value is -1.91. The number of phenols is 1. The summed E-state index contributed by atoms with van der Waals surface area (Å²) in [6.07, 6.45) is 0. The van der Waals surface area contributed by atoms with Crippen molar-refractivity contribution in [3.63, 3.8) is 0 Å². The molecule has 0 spiro atoms. The number of anilines is 2. The van der Waals surface area contributed by atoms with Crippen molar-refractivity contribution in [3.05, 3.63) is 52.5 Å². The summed E-state index contributed by atoms with van der Waals surface area (Å²) < 4.78 is 0. The third-order valence-corrected chi connectivity index (χ3v) is 2.94. The third-order valence-electron chi connectivity index (χ3n) is 2.31. The van der Waals surface area contributed by atoms with Crippen molar-refractivity contribution in [1.82, 2.24) is 0 Å². The van der Waals surface area contributed by atoms with E-state index in [2.05, 4.69) is 10.6 Å². The number of benzene rings is 2. The van der Waals surface area contributed by atoms with Crippen molar-refractivity contribution in [2.45, 2.75) is 0 Å². The molecule has 98 valence electrons. The lowest BCUT2D eigenvalue weighted by atomic mass is 10.3. The second-order valence-electron chi connectivity index (χ2n) is 3.73. The first-order valence-corrected chi connectivity index (χ1v) is 6.13. The summed E-state index contributed by atoms with van der Waals surface area (Å²) >= 11 is 11.9. The molecule has 0 saturated heterocycles. The Kier molecular flexibility index (Phi) is 4.14. The van der Waals surface area contributed by atoms with E-state index in [1.54, 1.807) is 30.3 Å². The van der Waals surface area contributed by atoms with E-state index in [1.165, 1.54) is 12.1 Å². The van der Waals surface area contributed by atoms with E-state index in [-0.39, 0.29) is 5.75 Å². The predicted octanol–water partition coefficient (Wildman–Crippen LogP) is 4.34. The van der Waals surface area contributed by atoms with Crippen LogP contribution in [0, 0.1) is 0 Å². The van der Waals surface area contributed by atoms with E-state index in [4.69, 9.17) is 23.2 Å².